The molecule has 130 valence electrons. The Balaban J connectivity index is 1.69. The molecule has 3 aromatic rings. The van der Waals surface area contributed by atoms with Gasteiger partial charge in [0.05, 0.1) is 11.4 Å². The molecule has 1 aromatic heterocycles. The van der Waals surface area contributed by atoms with E-state index in [0.29, 0.717) is 12.2 Å². The number of hydrogen-bond donors (Lipinski definition) is 3. The summed E-state index contributed by atoms with van der Waals surface area (Å²) in [7, 11) is 0. The van der Waals surface area contributed by atoms with Crippen molar-refractivity contribution >= 4 is 28.4 Å². The monoisotopic (exact) mass is 337 g/mol. The summed E-state index contributed by atoms with van der Waals surface area (Å²) in [4.78, 5) is 15.2. The molecule has 0 fully saturated rings. The number of H-pyrrole nitrogens is 1. The number of anilines is 2. The van der Waals surface area contributed by atoms with Crippen molar-refractivity contribution in [3.63, 3.8) is 0 Å². The normalized spacial score (nSPS) is 11.3. The first-order valence-corrected chi connectivity index (χ1v) is 8.30. The summed E-state index contributed by atoms with van der Waals surface area (Å²) in [5.74, 6) is 0. The first-order chi connectivity index (χ1) is 11.9. The van der Waals surface area contributed by atoms with Crippen LogP contribution in [0.15, 0.2) is 54.7 Å². The second-order valence-electron chi connectivity index (χ2n) is 6.93. The minimum atomic E-state index is -0.529. The lowest BCUT2D eigenvalue weighted by molar-refractivity contribution is 0.0636. The highest BCUT2D eigenvalue weighted by molar-refractivity contribution is 5.89. The maximum Gasteiger partial charge on any atom is 0.412 e. The van der Waals surface area contributed by atoms with Crippen molar-refractivity contribution in [3.05, 3.63) is 60.3 Å². The third-order valence-corrected chi connectivity index (χ3v) is 3.66. The zero-order chi connectivity index (χ0) is 17.9. The molecule has 0 bridgehead atoms. The van der Waals surface area contributed by atoms with Gasteiger partial charge in [-0.3, -0.25) is 5.32 Å². The quantitative estimate of drug-likeness (QED) is 0.618. The fourth-order valence-electron chi connectivity index (χ4n) is 2.57. The van der Waals surface area contributed by atoms with Crippen molar-refractivity contribution in [2.45, 2.75) is 32.9 Å². The number of para-hydroxylation sites is 2. The molecular formula is C20H23N3O2. The number of amides is 1. The van der Waals surface area contributed by atoms with E-state index in [1.807, 2.05) is 51.2 Å². The third-order valence-electron chi connectivity index (χ3n) is 3.66. The minimum Gasteiger partial charge on any atom is -0.444 e. The molecule has 0 saturated heterocycles. The molecular weight excluding hydrogens is 314 g/mol. The Bertz CT molecular complexity index is 878. The summed E-state index contributed by atoms with van der Waals surface area (Å²) in [6.07, 6.45) is 1.47. The van der Waals surface area contributed by atoms with Gasteiger partial charge in [-0.05, 0) is 62.1 Å². The number of rotatable bonds is 4. The van der Waals surface area contributed by atoms with Crippen molar-refractivity contribution in [2.24, 2.45) is 0 Å². The van der Waals surface area contributed by atoms with Crippen LogP contribution in [-0.4, -0.2) is 16.7 Å². The van der Waals surface area contributed by atoms with Crippen molar-refractivity contribution < 1.29 is 9.53 Å². The molecule has 0 aliphatic heterocycles. The van der Waals surface area contributed by atoms with E-state index >= 15 is 0 Å². The van der Waals surface area contributed by atoms with Crippen LogP contribution in [0.25, 0.3) is 10.9 Å². The van der Waals surface area contributed by atoms with Crippen LogP contribution in [0.5, 0.6) is 0 Å². The summed E-state index contributed by atoms with van der Waals surface area (Å²) in [6.45, 7) is 6.18. The van der Waals surface area contributed by atoms with E-state index in [9.17, 15) is 4.79 Å². The molecule has 0 spiro atoms. The predicted octanol–water partition coefficient (Wildman–Crippen LogP) is 5.13. The van der Waals surface area contributed by atoms with Crippen molar-refractivity contribution in [3.8, 4) is 0 Å². The Labute approximate surface area is 147 Å². The van der Waals surface area contributed by atoms with Crippen LogP contribution in [0.3, 0.4) is 0 Å². The number of fused-ring (bicyclic) bond motifs is 1. The van der Waals surface area contributed by atoms with E-state index in [4.69, 9.17) is 4.74 Å². The van der Waals surface area contributed by atoms with E-state index in [1.54, 1.807) is 0 Å². The van der Waals surface area contributed by atoms with Gasteiger partial charge in [-0.2, -0.15) is 0 Å². The number of carbonyl (C=O) groups is 1. The van der Waals surface area contributed by atoms with Gasteiger partial charge in [0.25, 0.3) is 0 Å². The van der Waals surface area contributed by atoms with Gasteiger partial charge in [-0.15, -0.1) is 0 Å². The van der Waals surface area contributed by atoms with Gasteiger partial charge in [0.2, 0.25) is 0 Å². The maximum absolute atomic E-state index is 12.0. The van der Waals surface area contributed by atoms with Crippen molar-refractivity contribution in [1.29, 1.82) is 0 Å². The average Bonchev–Trinajstić information content (AvgIpc) is 3.00. The average molecular weight is 337 g/mol. The lowest BCUT2D eigenvalue weighted by Crippen LogP contribution is -2.27. The number of nitrogens with one attached hydrogen (secondary N) is 3. The third kappa shape index (κ3) is 4.53. The summed E-state index contributed by atoms with van der Waals surface area (Å²) in [5.41, 5.74) is 3.30. The van der Waals surface area contributed by atoms with Gasteiger partial charge in [0, 0.05) is 18.3 Å². The zero-order valence-corrected chi connectivity index (χ0v) is 14.7. The molecule has 2 aromatic carbocycles. The van der Waals surface area contributed by atoms with Crippen LogP contribution >= 0.6 is 0 Å². The van der Waals surface area contributed by atoms with Crippen LogP contribution in [0.2, 0.25) is 0 Å². The molecule has 25 heavy (non-hydrogen) atoms. The number of carbonyl (C=O) groups excluding carboxylic acids is 1. The summed E-state index contributed by atoms with van der Waals surface area (Å²) in [5, 5.41) is 7.35. The molecule has 3 N–H and O–H groups in total. The Kier molecular flexibility index (Phi) is 4.65. The van der Waals surface area contributed by atoms with Crippen LogP contribution < -0.4 is 10.6 Å². The number of aromatic amines is 1. The number of hydrogen-bond acceptors (Lipinski definition) is 3. The highest BCUT2D eigenvalue weighted by Crippen LogP contribution is 2.23. The second-order valence-corrected chi connectivity index (χ2v) is 6.93. The molecule has 0 aliphatic rings. The molecule has 5 nitrogen and oxygen atoms in total. The van der Waals surface area contributed by atoms with E-state index in [0.717, 1.165) is 11.2 Å². The highest BCUT2D eigenvalue weighted by Gasteiger charge is 2.17. The Morgan fingerprint density at radius 2 is 1.84 bits per heavy atom. The standard InChI is InChI=1S/C20H23N3O2/c1-20(2,3)25-19(24)23-18-7-5-4-6-17(18)22-13-14-8-9-16-15(12-14)10-11-21-16/h4-12,21-22H,13H2,1-3H3,(H,23,24). The van der Waals surface area contributed by atoms with Gasteiger partial charge in [0.15, 0.2) is 0 Å². The Morgan fingerprint density at radius 3 is 2.60 bits per heavy atom. The number of benzene rings is 2. The largest absolute Gasteiger partial charge is 0.444 e. The fraction of sp³-hybridized carbons (Fsp3) is 0.250. The maximum atomic E-state index is 12.0. The molecule has 0 saturated carbocycles. The van der Waals surface area contributed by atoms with Gasteiger partial charge in [-0.25, -0.2) is 4.79 Å². The predicted molar refractivity (Wildman–Crippen MR) is 102 cm³/mol. The van der Waals surface area contributed by atoms with Gasteiger partial charge in [-0.1, -0.05) is 18.2 Å². The van der Waals surface area contributed by atoms with Gasteiger partial charge in [0.1, 0.15) is 5.60 Å². The molecule has 3 rings (SSSR count). The molecule has 0 atom stereocenters. The SMILES string of the molecule is CC(C)(C)OC(=O)Nc1ccccc1NCc1ccc2[nH]ccc2c1. The summed E-state index contributed by atoms with van der Waals surface area (Å²) < 4.78 is 5.32. The van der Waals surface area contributed by atoms with E-state index in [1.165, 1.54) is 10.9 Å². The smallest absolute Gasteiger partial charge is 0.412 e. The van der Waals surface area contributed by atoms with Crippen LogP contribution in [-0.2, 0) is 11.3 Å². The lowest BCUT2D eigenvalue weighted by Gasteiger charge is -2.20. The lowest BCUT2D eigenvalue weighted by atomic mass is 10.1. The minimum absolute atomic E-state index is 0.463. The Hall–Kier alpha value is -2.95. The summed E-state index contributed by atoms with van der Waals surface area (Å²) in [6, 6.07) is 15.9. The Morgan fingerprint density at radius 1 is 1.08 bits per heavy atom. The van der Waals surface area contributed by atoms with Crippen molar-refractivity contribution in [2.75, 3.05) is 10.6 Å². The number of ether oxygens (including phenoxy) is 1. The number of aromatic nitrogens is 1. The highest BCUT2D eigenvalue weighted by atomic mass is 16.6. The molecule has 0 unspecified atom stereocenters. The molecule has 0 aliphatic carbocycles. The second kappa shape index (κ2) is 6.89. The molecule has 5 heteroatoms. The van der Waals surface area contributed by atoms with E-state index < -0.39 is 11.7 Å². The van der Waals surface area contributed by atoms with Crippen molar-refractivity contribution in [1.82, 2.24) is 4.98 Å². The molecule has 0 radical (unpaired) electrons. The van der Waals surface area contributed by atoms with E-state index in [-0.39, 0.29) is 0 Å². The zero-order valence-electron chi connectivity index (χ0n) is 14.7. The first kappa shape index (κ1) is 16.9. The molecule has 1 heterocycles. The van der Waals surface area contributed by atoms with Gasteiger partial charge >= 0.3 is 6.09 Å². The van der Waals surface area contributed by atoms with E-state index in [2.05, 4.69) is 39.9 Å². The van der Waals surface area contributed by atoms with Gasteiger partial charge < -0.3 is 15.0 Å². The van der Waals surface area contributed by atoms with Crippen LogP contribution in [0, 0.1) is 0 Å². The molecule has 1 amide bonds. The van der Waals surface area contributed by atoms with Crippen LogP contribution in [0.1, 0.15) is 26.3 Å². The topological polar surface area (TPSA) is 66.2 Å². The fourth-order valence-corrected chi connectivity index (χ4v) is 2.57. The first-order valence-electron chi connectivity index (χ1n) is 8.30. The van der Waals surface area contributed by atoms with Crippen LogP contribution in [0.4, 0.5) is 16.2 Å². The summed E-state index contributed by atoms with van der Waals surface area (Å²) >= 11 is 0.